The third-order valence-electron chi connectivity index (χ3n) is 3.71. The molecule has 4 heteroatoms. The van der Waals surface area contributed by atoms with Crippen LogP contribution < -0.4 is 4.74 Å². The number of rotatable bonds is 3. The van der Waals surface area contributed by atoms with Crippen LogP contribution in [-0.4, -0.2) is 10.8 Å². The number of hydrogen-bond donors (Lipinski definition) is 0. The highest BCUT2D eigenvalue weighted by Crippen LogP contribution is 2.31. The minimum atomic E-state index is 0.0646. The fourth-order valence-corrected chi connectivity index (χ4v) is 3.39. The van der Waals surface area contributed by atoms with Gasteiger partial charge in [-0.1, -0.05) is 32.9 Å². The lowest BCUT2D eigenvalue weighted by Gasteiger charge is -2.14. The maximum absolute atomic E-state index is 11.7. The Kier molecular flexibility index (Phi) is 3.57. The predicted molar refractivity (Wildman–Crippen MR) is 84.2 cm³/mol. The Morgan fingerprint density at radius 3 is 2.81 bits per heavy atom. The summed E-state index contributed by atoms with van der Waals surface area (Å²) in [5.74, 6) is 1.05. The number of hydrogen-bond acceptors (Lipinski definition) is 4. The second kappa shape index (κ2) is 5.26. The van der Waals surface area contributed by atoms with Crippen molar-refractivity contribution in [1.82, 2.24) is 4.98 Å². The van der Waals surface area contributed by atoms with Gasteiger partial charge in [0.15, 0.2) is 5.78 Å². The molecule has 110 valence electrons. The molecule has 0 saturated carbocycles. The fourth-order valence-electron chi connectivity index (χ4n) is 2.45. The van der Waals surface area contributed by atoms with Gasteiger partial charge in [0.25, 0.3) is 0 Å². The molecule has 3 nitrogen and oxygen atoms in total. The molecule has 1 aliphatic rings. The minimum Gasteiger partial charge on any atom is -0.486 e. The van der Waals surface area contributed by atoms with E-state index >= 15 is 0 Å². The smallest absolute Gasteiger partial charge is 0.163 e. The Morgan fingerprint density at radius 1 is 1.29 bits per heavy atom. The number of ketones is 1. The minimum absolute atomic E-state index is 0.0646. The Bertz CT molecular complexity index is 682. The third kappa shape index (κ3) is 2.86. The van der Waals surface area contributed by atoms with Crippen molar-refractivity contribution in [2.24, 2.45) is 0 Å². The number of fused-ring (bicyclic) bond motifs is 1. The largest absolute Gasteiger partial charge is 0.486 e. The van der Waals surface area contributed by atoms with Crippen LogP contribution in [0.5, 0.6) is 5.75 Å². The second-order valence-corrected chi connectivity index (χ2v) is 7.31. The predicted octanol–water partition coefficient (Wildman–Crippen LogP) is 4.15. The fraction of sp³-hybridized carbons (Fsp3) is 0.412. The van der Waals surface area contributed by atoms with Crippen LogP contribution in [0.1, 0.15) is 53.8 Å². The van der Waals surface area contributed by atoms with Crippen molar-refractivity contribution in [2.75, 3.05) is 0 Å². The van der Waals surface area contributed by atoms with Crippen molar-refractivity contribution in [2.45, 2.75) is 45.6 Å². The van der Waals surface area contributed by atoms with Crippen LogP contribution in [0.2, 0.25) is 0 Å². The van der Waals surface area contributed by atoms with E-state index in [0.717, 1.165) is 34.0 Å². The van der Waals surface area contributed by atoms with Crippen LogP contribution in [0.25, 0.3) is 0 Å². The molecule has 0 aliphatic heterocycles. The SMILES string of the molecule is CC(C)(C)c1csc(COc2cccc3c2CCC3=O)n1. The highest BCUT2D eigenvalue weighted by Gasteiger charge is 2.23. The van der Waals surface area contributed by atoms with Gasteiger partial charge in [0.05, 0.1) is 5.69 Å². The molecular weight excluding hydrogens is 282 g/mol. The van der Waals surface area contributed by atoms with Crippen LogP contribution in [0.3, 0.4) is 0 Å². The van der Waals surface area contributed by atoms with Gasteiger partial charge in [-0.2, -0.15) is 0 Å². The summed E-state index contributed by atoms with van der Waals surface area (Å²) < 4.78 is 5.90. The van der Waals surface area contributed by atoms with Gasteiger partial charge < -0.3 is 4.74 Å². The Hall–Kier alpha value is -1.68. The van der Waals surface area contributed by atoms with Crippen molar-refractivity contribution in [3.8, 4) is 5.75 Å². The lowest BCUT2D eigenvalue weighted by Crippen LogP contribution is -2.11. The van der Waals surface area contributed by atoms with Gasteiger partial charge in [-0.15, -0.1) is 11.3 Å². The molecule has 1 aromatic heterocycles. The van der Waals surface area contributed by atoms with Gasteiger partial charge in [-0.05, 0) is 12.5 Å². The van der Waals surface area contributed by atoms with E-state index < -0.39 is 0 Å². The summed E-state index contributed by atoms with van der Waals surface area (Å²) in [5, 5.41) is 3.07. The van der Waals surface area contributed by atoms with Crippen LogP contribution in [0, 0.1) is 0 Å². The number of aromatic nitrogens is 1. The summed E-state index contributed by atoms with van der Waals surface area (Å²) in [5.41, 5.74) is 3.03. The molecule has 0 saturated heterocycles. The molecule has 1 aliphatic carbocycles. The zero-order valence-corrected chi connectivity index (χ0v) is 13.4. The number of Topliss-reactive ketones (excluding diaryl/α,β-unsaturated/α-hetero) is 1. The third-order valence-corrected chi connectivity index (χ3v) is 4.53. The van der Waals surface area contributed by atoms with Crippen molar-refractivity contribution in [3.63, 3.8) is 0 Å². The Morgan fingerprint density at radius 2 is 2.10 bits per heavy atom. The maximum atomic E-state index is 11.7. The summed E-state index contributed by atoms with van der Waals surface area (Å²) in [6.45, 7) is 6.93. The van der Waals surface area contributed by atoms with E-state index in [0.29, 0.717) is 13.0 Å². The standard InChI is InChI=1S/C17H19NO2S/c1-17(2,3)15-10-21-16(18-15)9-20-14-6-4-5-11-12(14)7-8-13(11)19/h4-6,10H,7-9H2,1-3H3. The van der Waals surface area contributed by atoms with Crippen molar-refractivity contribution in [3.05, 3.63) is 45.4 Å². The van der Waals surface area contributed by atoms with Gasteiger partial charge in [0.2, 0.25) is 0 Å². The average Bonchev–Trinajstić information content (AvgIpc) is 3.04. The Balaban J connectivity index is 1.74. The number of thiazole rings is 1. The van der Waals surface area contributed by atoms with Gasteiger partial charge in [-0.3, -0.25) is 4.79 Å². The monoisotopic (exact) mass is 301 g/mol. The summed E-state index contributed by atoms with van der Waals surface area (Å²) in [6.07, 6.45) is 1.39. The number of ether oxygens (including phenoxy) is 1. The first-order valence-corrected chi connectivity index (χ1v) is 8.06. The molecule has 2 aromatic rings. The van der Waals surface area contributed by atoms with Crippen molar-refractivity contribution in [1.29, 1.82) is 0 Å². The van der Waals surface area contributed by atoms with Crippen molar-refractivity contribution < 1.29 is 9.53 Å². The summed E-state index contributed by atoms with van der Waals surface area (Å²) in [4.78, 5) is 16.4. The number of benzene rings is 1. The molecule has 0 unspecified atom stereocenters. The van der Waals surface area contributed by atoms with E-state index in [1.54, 1.807) is 11.3 Å². The zero-order chi connectivity index (χ0) is 15.0. The molecule has 0 fully saturated rings. The summed E-state index contributed by atoms with van der Waals surface area (Å²) >= 11 is 1.63. The highest BCUT2D eigenvalue weighted by atomic mass is 32.1. The van der Waals surface area contributed by atoms with E-state index in [2.05, 4.69) is 31.1 Å². The van der Waals surface area contributed by atoms with Crippen LogP contribution in [0.4, 0.5) is 0 Å². The molecule has 1 aromatic carbocycles. The molecule has 3 rings (SSSR count). The topological polar surface area (TPSA) is 39.2 Å². The van der Waals surface area contributed by atoms with E-state index in [4.69, 9.17) is 4.74 Å². The normalized spacial score (nSPS) is 14.3. The van der Waals surface area contributed by atoms with Crippen LogP contribution in [0.15, 0.2) is 23.6 Å². The molecule has 0 amide bonds. The Labute approximate surface area is 129 Å². The number of carbonyl (C=O) groups is 1. The van der Waals surface area contributed by atoms with E-state index in [9.17, 15) is 4.79 Å². The van der Waals surface area contributed by atoms with E-state index in [1.807, 2.05) is 18.2 Å². The van der Waals surface area contributed by atoms with Gasteiger partial charge in [-0.25, -0.2) is 4.98 Å². The second-order valence-electron chi connectivity index (χ2n) is 6.37. The zero-order valence-electron chi connectivity index (χ0n) is 12.6. The van der Waals surface area contributed by atoms with Gasteiger partial charge in [0, 0.05) is 28.3 Å². The van der Waals surface area contributed by atoms with Crippen LogP contribution >= 0.6 is 11.3 Å². The maximum Gasteiger partial charge on any atom is 0.163 e. The van der Waals surface area contributed by atoms with Crippen molar-refractivity contribution >= 4 is 17.1 Å². The molecule has 0 spiro atoms. The van der Waals surface area contributed by atoms with Crippen LogP contribution in [-0.2, 0) is 18.4 Å². The molecule has 0 atom stereocenters. The average molecular weight is 301 g/mol. The first-order valence-electron chi connectivity index (χ1n) is 7.18. The molecule has 0 radical (unpaired) electrons. The molecule has 1 heterocycles. The lowest BCUT2D eigenvalue weighted by atomic mass is 9.93. The first-order chi connectivity index (χ1) is 9.95. The summed E-state index contributed by atoms with van der Waals surface area (Å²) in [6, 6.07) is 5.72. The van der Waals surface area contributed by atoms with Gasteiger partial charge in [0.1, 0.15) is 17.4 Å². The molecular formula is C17H19NO2S. The molecule has 0 bridgehead atoms. The number of carbonyl (C=O) groups excluding carboxylic acids is 1. The first kappa shape index (κ1) is 14.3. The van der Waals surface area contributed by atoms with E-state index in [-0.39, 0.29) is 11.2 Å². The molecule has 0 N–H and O–H groups in total. The van der Waals surface area contributed by atoms with E-state index in [1.165, 1.54) is 0 Å². The molecule has 21 heavy (non-hydrogen) atoms. The number of nitrogens with zero attached hydrogens (tertiary/aromatic N) is 1. The summed E-state index contributed by atoms with van der Waals surface area (Å²) in [7, 11) is 0. The quantitative estimate of drug-likeness (QED) is 0.855. The lowest BCUT2D eigenvalue weighted by molar-refractivity contribution is 0.0994. The van der Waals surface area contributed by atoms with Gasteiger partial charge >= 0.3 is 0 Å². The highest BCUT2D eigenvalue weighted by molar-refractivity contribution is 7.09.